The van der Waals surface area contributed by atoms with Crippen molar-refractivity contribution in [2.75, 3.05) is 36.4 Å². The lowest BCUT2D eigenvalue weighted by atomic mass is 10.1. The van der Waals surface area contributed by atoms with Gasteiger partial charge in [-0.2, -0.15) is 4.98 Å². The maximum Gasteiger partial charge on any atom is 0.228 e. The van der Waals surface area contributed by atoms with E-state index in [1.165, 1.54) is 18.4 Å². The van der Waals surface area contributed by atoms with Crippen LogP contribution in [0.1, 0.15) is 44.2 Å². The molecule has 1 atom stereocenters. The lowest BCUT2D eigenvalue weighted by molar-refractivity contribution is -0.135. The molecule has 1 aromatic heterocycles. The van der Waals surface area contributed by atoms with Gasteiger partial charge in [0.1, 0.15) is 5.82 Å². The Morgan fingerprint density at radius 2 is 1.62 bits per heavy atom. The quantitative estimate of drug-likeness (QED) is 0.640. The van der Waals surface area contributed by atoms with Gasteiger partial charge < -0.3 is 15.1 Å². The number of benzene rings is 2. The van der Waals surface area contributed by atoms with Crippen molar-refractivity contribution in [1.29, 1.82) is 0 Å². The third kappa shape index (κ3) is 4.27. The molecule has 2 aromatic carbocycles. The molecule has 3 aromatic rings. The van der Waals surface area contributed by atoms with Crippen molar-refractivity contribution >= 4 is 28.6 Å². The molecule has 1 aliphatic carbocycles. The van der Waals surface area contributed by atoms with Crippen LogP contribution < -0.4 is 10.2 Å². The van der Waals surface area contributed by atoms with Gasteiger partial charge >= 0.3 is 0 Å². The van der Waals surface area contributed by atoms with Crippen LogP contribution in [0, 0.1) is 5.92 Å². The van der Waals surface area contributed by atoms with Crippen LogP contribution >= 0.6 is 0 Å². The zero-order valence-corrected chi connectivity index (χ0v) is 18.7. The fraction of sp³-hybridized carbons (Fsp3) is 0.423. The molecule has 32 heavy (non-hydrogen) atoms. The standard InChI is InChI=1S/C26H31N5O/c1-19(20-9-3-2-4-10-20)27-24-22-13-7-8-14-23(22)28-26(29-24)31-17-15-30(16-18-31)25(32)21-11-5-6-12-21/h2-4,7-10,13-14,19,21H,5-6,11-12,15-18H2,1H3,(H,27,28,29)/t19-/m1/s1. The van der Waals surface area contributed by atoms with E-state index in [2.05, 4.69) is 47.5 Å². The molecule has 6 heteroatoms. The number of rotatable bonds is 5. The van der Waals surface area contributed by atoms with Crippen LogP contribution in [0.3, 0.4) is 0 Å². The second kappa shape index (κ2) is 9.15. The van der Waals surface area contributed by atoms with E-state index >= 15 is 0 Å². The summed E-state index contributed by atoms with van der Waals surface area (Å²) < 4.78 is 0. The molecule has 1 amide bonds. The zero-order valence-electron chi connectivity index (χ0n) is 18.7. The SMILES string of the molecule is C[C@@H](Nc1nc(N2CCN(C(=O)C3CCCC3)CC2)nc2ccccc12)c1ccccc1. The van der Waals surface area contributed by atoms with E-state index in [0.29, 0.717) is 5.91 Å². The van der Waals surface area contributed by atoms with E-state index in [-0.39, 0.29) is 12.0 Å². The number of carbonyl (C=O) groups is 1. The molecule has 0 radical (unpaired) electrons. The number of piperazine rings is 1. The van der Waals surface area contributed by atoms with Crippen LogP contribution in [0.2, 0.25) is 0 Å². The molecule has 0 unspecified atom stereocenters. The number of nitrogens with zero attached hydrogens (tertiary/aromatic N) is 4. The molecular weight excluding hydrogens is 398 g/mol. The van der Waals surface area contributed by atoms with Gasteiger partial charge in [0, 0.05) is 43.5 Å². The summed E-state index contributed by atoms with van der Waals surface area (Å²) in [5.41, 5.74) is 2.15. The fourth-order valence-electron chi connectivity index (χ4n) is 4.90. The van der Waals surface area contributed by atoms with E-state index in [1.807, 2.05) is 29.2 Å². The second-order valence-electron chi connectivity index (χ2n) is 8.96. The van der Waals surface area contributed by atoms with Crippen molar-refractivity contribution in [3.05, 3.63) is 60.2 Å². The highest BCUT2D eigenvalue weighted by atomic mass is 16.2. The number of aromatic nitrogens is 2. The summed E-state index contributed by atoms with van der Waals surface area (Å²) in [5, 5.41) is 4.62. The minimum Gasteiger partial charge on any atom is -0.363 e. The molecule has 2 fully saturated rings. The van der Waals surface area contributed by atoms with E-state index < -0.39 is 0 Å². The summed E-state index contributed by atoms with van der Waals surface area (Å²) in [4.78, 5) is 26.8. The van der Waals surface area contributed by atoms with Crippen molar-refractivity contribution in [1.82, 2.24) is 14.9 Å². The number of amides is 1. The van der Waals surface area contributed by atoms with E-state index in [4.69, 9.17) is 9.97 Å². The largest absolute Gasteiger partial charge is 0.363 e. The monoisotopic (exact) mass is 429 g/mol. The molecule has 6 nitrogen and oxygen atoms in total. The fourth-order valence-corrected chi connectivity index (χ4v) is 4.90. The number of nitrogens with one attached hydrogen (secondary N) is 1. The van der Waals surface area contributed by atoms with Gasteiger partial charge in [0.2, 0.25) is 11.9 Å². The number of anilines is 2. The Hall–Kier alpha value is -3.15. The molecule has 0 bridgehead atoms. The normalized spacial score (nSPS) is 18.2. The summed E-state index contributed by atoms with van der Waals surface area (Å²) in [6.07, 6.45) is 4.50. The molecule has 5 rings (SSSR count). The van der Waals surface area contributed by atoms with E-state index in [9.17, 15) is 4.79 Å². The Labute approximate surface area is 189 Å². The first-order chi connectivity index (χ1) is 15.7. The van der Waals surface area contributed by atoms with Gasteiger partial charge in [-0.15, -0.1) is 0 Å². The van der Waals surface area contributed by atoms with Crippen LogP contribution in [0.4, 0.5) is 11.8 Å². The highest BCUT2D eigenvalue weighted by Gasteiger charge is 2.30. The Morgan fingerprint density at radius 3 is 2.38 bits per heavy atom. The number of para-hydroxylation sites is 1. The third-order valence-corrected chi connectivity index (χ3v) is 6.82. The van der Waals surface area contributed by atoms with E-state index in [1.54, 1.807) is 0 Å². The topological polar surface area (TPSA) is 61.4 Å². The average Bonchev–Trinajstić information content (AvgIpc) is 3.39. The molecule has 1 saturated carbocycles. The predicted octanol–water partition coefficient (Wildman–Crippen LogP) is 4.64. The number of carbonyl (C=O) groups excluding carboxylic acids is 1. The van der Waals surface area contributed by atoms with Crippen molar-refractivity contribution in [3.8, 4) is 0 Å². The van der Waals surface area contributed by atoms with Gasteiger partial charge in [-0.05, 0) is 37.5 Å². The molecule has 166 valence electrons. The first-order valence-electron chi connectivity index (χ1n) is 11.8. The van der Waals surface area contributed by atoms with Crippen LogP contribution in [-0.2, 0) is 4.79 Å². The zero-order chi connectivity index (χ0) is 21.9. The lowest BCUT2D eigenvalue weighted by Gasteiger charge is -2.36. The van der Waals surface area contributed by atoms with Crippen LogP contribution in [-0.4, -0.2) is 47.0 Å². The minimum absolute atomic E-state index is 0.128. The first-order valence-corrected chi connectivity index (χ1v) is 11.8. The summed E-state index contributed by atoms with van der Waals surface area (Å²) in [6.45, 7) is 5.18. The number of hydrogen-bond acceptors (Lipinski definition) is 5. The van der Waals surface area contributed by atoms with Crippen molar-refractivity contribution in [3.63, 3.8) is 0 Å². The maximum atomic E-state index is 12.8. The summed E-state index contributed by atoms with van der Waals surface area (Å²) in [6, 6.07) is 18.7. The third-order valence-electron chi connectivity index (χ3n) is 6.82. The lowest BCUT2D eigenvalue weighted by Crippen LogP contribution is -2.50. The van der Waals surface area contributed by atoms with Crippen molar-refractivity contribution in [2.24, 2.45) is 5.92 Å². The van der Waals surface area contributed by atoms with Gasteiger partial charge in [0.15, 0.2) is 0 Å². The van der Waals surface area contributed by atoms with Gasteiger partial charge in [-0.3, -0.25) is 4.79 Å². The Balaban J connectivity index is 1.35. The molecule has 0 spiro atoms. The molecule has 2 heterocycles. The molecule has 1 saturated heterocycles. The molecular formula is C26H31N5O. The first kappa shape index (κ1) is 20.7. The Kier molecular flexibility index (Phi) is 5.93. The van der Waals surface area contributed by atoms with Gasteiger partial charge in [-0.25, -0.2) is 4.98 Å². The summed E-state index contributed by atoms with van der Waals surface area (Å²) in [5.74, 6) is 2.18. The summed E-state index contributed by atoms with van der Waals surface area (Å²) in [7, 11) is 0. The van der Waals surface area contributed by atoms with Crippen LogP contribution in [0.25, 0.3) is 10.9 Å². The van der Waals surface area contributed by atoms with Crippen LogP contribution in [0.5, 0.6) is 0 Å². The molecule has 1 aliphatic heterocycles. The molecule has 1 N–H and O–H groups in total. The number of hydrogen-bond donors (Lipinski definition) is 1. The average molecular weight is 430 g/mol. The Bertz CT molecular complexity index is 1070. The van der Waals surface area contributed by atoms with Gasteiger partial charge in [0.05, 0.1) is 5.52 Å². The number of fused-ring (bicyclic) bond motifs is 1. The minimum atomic E-state index is 0.128. The highest BCUT2D eigenvalue weighted by molar-refractivity contribution is 5.90. The predicted molar refractivity (Wildman–Crippen MR) is 129 cm³/mol. The van der Waals surface area contributed by atoms with Gasteiger partial charge in [0.25, 0.3) is 0 Å². The van der Waals surface area contributed by atoms with Crippen molar-refractivity contribution in [2.45, 2.75) is 38.6 Å². The van der Waals surface area contributed by atoms with E-state index in [0.717, 1.165) is 61.7 Å². The van der Waals surface area contributed by atoms with Gasteiger partial charge in [-0.1, -0.05) is 55.3 Å². The second-order valence-corrected chi connectivity index (χ2v) is 8.96. The Morgan fingerprint density at radius 1 is 0.938 bits per heavy atom. The highest BCUT2D eigenvalue weighted by Crippen LogP contribution is 2.29. The smallest absolute Gasteiger partial charge is 0.228 e. The summed E-state index contributed by atoms with van der Waals surface area (Å²) >= 11 is 0. The van der Waals surface area contributed by atoms with Crippen molar-refractivity contribution < 1.29 is 4.79 Å². The van der Waals surface area contributed by atoms with Crippen LogP contribution in [0.15, 0.2) is 54.6 Å². The molecule has 2 aliphatic rings. The maximum absolute atomic E-state index is 12.8.